The average molecular weight is 306 g/mol. The minimum Gasteiger partial charge on any atom is -0.466 e. The van der Waals surface area contributed by atoms with Crippen molar-refractivity contribution in [1.29, 1.82) is 0 Å². The Labute approximate surface area is 125 Å². The summed E-state index contributed by atoms with van der Waals surface area (Å²) >= 11 is 0. The Hall–Kier alpha value is -2.67. The second kappa shape index (κ2) is 6.40. The van der Waals surface area contributed by atoms with E-state index in [0.717, 1.165) is 12.1 Å². The lowest BCUT2D eigenvalue weighted by atomic mass is 10.0. The number of anilines is 1. The number of halogens is 1. The predicted octanol–water partition coefficient (Wildman–Crippen LogP) is 1.38. The van der Waals surface area contributed by atoms with Crippen molar-refractivity contribution in [3.63, 3.8) is 0 Å². The molecule has 0 saturated carbocycles. The fraction of sp³-hybridized carbons (Fsp3) is 0.200. The van der Waals surface area contributed by atoms with Gasteiger partial charge in [-0.3, -0.25) is 9.59 Å². The number of carbonyl (C=O) groups excluding carboxylic acids is 2. The molecule has 1 atom stereocenters. The van der Waals surface area contributed by atoms with E-state index < -0.39 is 23.2 Å². The van der Waals surface area contributed by atoms with E-state index >= 15 is 0 Å². The molecule has 0 aliphatic rings. The molecule has 116 valence electrons. The summed E-state index contributed by atoms with van der Waals surface area (Å²) in [7, 11) is 0. The lowest BCUT2D eigenvalue weighted by Crippen LogP contribution is -2.43. The number of carbonyl (C=O) groups is 2. The first kappa shape index (κ1) is 15.7. The fourth-order valence-corrected chi connectivity index (χ4v) is 1.73. The van der Waals surface area contributed by atoms with Crippen LogP contribution >= 0.6 is 0 Å². The Morgan fingerprint density at radius 3 is 2.50 bits per heavy atom. The summed E-state index contributed by atoms with van der Waals surface area (Å²) in [4.78, 5) is 23.4. The van der Waals surface area contributed by atoms with Gasteiger partial charge < -0.3 is 20.2 Å². The maximum Gasteiger partial charge on any atom is 0.313 e. The van der Waals surface area contributed by atoms with Gasteiger partial charge in [0.25, 0.3) is 0 Å². The first-order valence-electron chi connectivity index (χ1n) is 6.49. The zero-order valence-corrected chi connectivity index (χ0v) is 11.8. The minimum absolute atomic E-state index is 0.198. The van der Waals surface area contributed by atoms with Gasteiger partial charge in [0.05, 0.1) is 12.8 Å². The summed E-state index contributed by atoms with van der Waals surface area (Å²) in [5, 5.41) is 14.8. The number of nitrogens with one attached hydrogen (secondary N) is 2. The summed E-state index contributed by atoms with van der Waals surface area (Å²) in [6.45, 7) is 1.25. The third kappa shape index (κ3) is 3.92. The molecular weight excluding hydrogens is 291 g/mol. The summed E-state index contributed by atoms with van der Waals surface area (Å²) in [5.74, 6) is -2.01. The molecule has 0 aliphatic heterocycles. The number of hydrogen-bond acceptors (Lipinski definition) is 4. The van der Waals surface area contributed by atoms with Gasteiger partial charge in [-0.05, 0) is 43.3 Å². The van der Waals surface area contributed by atoms with Gasteiger partial charge in [-0.1, -0.05) is 0 Å². The molecule has 1 aromatic carbocycles. The minimum atomic E-state index is -1.44. The fourth-order valence-electron chi connectivity index (χ4n) is 1.73. The number of benzene rings is 1. The van der Waals surface area contributed by atoms with E-state index in [4.69, 9.17) is 4.42 Å². The zero-order chi connectivity index (χ0) is 16.2. The number of rotatable bonds is 4. The molecule has 1 unspecified atom stereocenters. The second-order valence-electron chi connectivity index (χ2n) is 4.89. The van der Waals surface area contributed by atoms with Crippen LogP contribution < -0.4 is 10.6 Å². The molecule has 0 radical (unpaired) electrons. The number of furan rings is 1. The molecule has 3 N–H and O–H groups in total. The first-order valence-corrected chi connectivity index (χ1v) is 6.49. The molecule has 1 aromatic heterocycles. The molecule has 0 aliphatic carbocycles. The maximum atomic E-state index is 12.7. The highest BCUT2D eigenvalue weighted by Crippen LogP contribution is 2.19. The lowest BCUT2D eigenvalue weighted by molar-refractivity contribution is -0.136. The van der Waals surface area contributed by atoms with E-state index in [2.05, 4.69) is 10.6 Å². The molecular formula is C15H15FN2O4. The van der Waals surface area contributed by atoms with Crippen molar-refractivity contribution < 1.29 is 23.5 Å². The van der Waals surface area contributed by atoms with Gasteiger partial charge in [0.15, 0.2) is 0 Å². The molecule has 0 fully saturated rings. The van der Waals surface area contributed by atoms with Gasteiger partial charge in [-0.2, -0.15) is 0 Å². The number of hydrogen-bond donors (Lipinski definition) is 3. The molecule has 7 heteroatoms. The lowest BCUT2D eigenvalue weighted by Gasteiger charge is -2.20. The van der Waals surface area contributed by atoms with Crippen LogP contribution in [0.3, 0.4) is 0 Å². The highest BCUT2D eigenvalue weighted by molar-refractivity contribution is 6.39. The maximum absolute atomic E-state index is 12.7. The Kier molecular flexibility index (Phi) is 4.57. The monoisotopic (exact) mass is 306 g/mol. The number of aliphatic hydroxyl groups is 1. The molecule has 0 saturated heterocycles. The van der Waals surface area contributed by atoms with Crippen LogP contribution in [0.15, 0.2) is 47.1 Å². The third-order valence-corrected chi connectivity index (χ3v) is 2.95. The zero-order valence-electron chi connectivity index (χ0n) is 11.8. The Bertz CT molecular complexity index is 651. The first-order chi connectivity index (χ1) is 10.4. The second-order valence-corrected chi connectivity index (χ2v) is 4.89. The Morgan fingerprint density at radius 1 is 1.23 bits per heavy atom. The van der Waals surface area contributed by atoms with Crippen molar-refractivity contribution in [2.75, 3.05) is 11.9 Å². The van der Waals surface area contributed by atoms with E-state index in [-0.39, 0.29) is 12.3 Å². The van der Waals surface area contributed by atoms with E-state index in [1.807, 2.05) is 0 Å². The summed E-state index contributed by atoms with van der Waals surface area (Å²) in [6, 6.07) is 8.15. The van der Waals surface area contributed by atoms with Gasteiger partial charge in [-0.15, -0.1) is 0 Å². The SMILES string of the molecule is CC(O)(CNC(=O)C(=O)Nc1ccc(F)cc1)c1ccco1. The van der Waals surface area contributed by atoms with Crippen LogP contribution in [0.5, 0.6) is 0 Å². The van der Waals surface area contributed by atoms with Crippen molar-refractivity contribution in [3.05, 3.63) is 54.2 Å². The average Bonchev–Trinajstić information content (AvgIpc) is 3.02. The van der Waals surface area contributed by atoms with Crippen molar-refractivity contribution in [2.45, 2.75) is 12.5 Å². The number of amides is 2. The van der Waals surface area contributed by atoms with Crippen molar-refractivity contribution in [2.24, 2.45) is 0 Å². The molecule has 2 amide bonds. The van der Waals surface area contributed by atoms with Crippen LogP contribution in [0, 0.1) is 5.82 Å². The molecule has 2 aromatic rings. The molecule has 6 nitrogen and oxygen atoms in total. The quantitative estimate of drug-likeness (QED) is 0.744. The van der Waals surface area contributed by atoms with Crippen LogP contribution in [0.1, 0.15) is 12.7 Å². The van der Waals surface area contributed by atoms with Crippen LogP contribution in [0.2, 0.25) is 0 Å². The summed E-state index contributed by atoms with van der Waals surface area (Å²) in [6.07, 6.45) is 1.40. The molecule has 0 bridgehead atoms. The van der Waals surface area contributed by atoms with Gasteiger partial charge >= 0.3 is 11.8 Å². The van der Waals surface area contributed by atoms with Crippen LogP contribution in [-0.2, 0) is 15.2 Å². The van der Waals surface area contributed by atoms with Crippen molar-refractivity contribution in [1.82, 2.24) is 5.32 Å². The van der Waals surface area contributed by atoms with E-state index in [1.54, 1.807) is 12.1 Å². The molecule has 22 heavy (non-hydrogen) atoms. The van der Waals surface area contributed by atoms with Crippen molar-refractivity contribution >= 4 is 17.5 Å². The van der Waals surface area contributed by atoms with Gasteiger partial charge in [-0.25, -0.2) is 4.39 Å². The van der Waals surface area contributed by atoms with E-state index in [9.17, 15) is 19.1 Å². The topological polar surface area (TPSA) is 91.6 Å². The van der Waals surface area contributed by atoms with E-state index in [1.165, 1.54) is 25.3 Å². The van der Waals surface area contributed by atoms with Gasteiger partial charge in [0.1, 0.15) is 17.2 Å². The summed E-state index contributed by atoms with van der Waals surface area (Å²) < 4.78 is 17.8. The molecule has 1 heterocycles. The predicted molar refractivity (Wildman–Crippen MR) is 76.3 cm³/mol. The van der Waals surface area contributed by atoms with Crippen LogP contribution in [0.4, 0.5) is 10.1 Å². The Balaban J connectivity index is 1.89. The smallest absolute Gasteiger partial charge is 0.313 e. The normalized spacial score (nSPS) is 13.2. The summed E-state index contributed by atoms with van der Waals surface area (Å²) in [5.41, 5.74) is -1.14. The molecule has 2 rings (SSSR count). The van der Waals surface area contributed by atoms with E-state index in [0.29, 0.717) is 5.69 Å². The highest BCUT2D eigenvalue weighted by Gasteiger charge is 2.28. The highest BCUT2D eigenvalue weighted by atomic mass is 19.1. The molecule has 0 spiro atoms. The standard InChI is InChI=1S/C15H15FN2O4/c1-15(21,12-3-2-8-22-12)9-17-13(19)14(20)18-11-6-4-10(16)5-7-11/h2-8,21H,9H2,1H3,(H,17,19)(H,18,20). The van der Waals surface area contributed by atoms with Crippen LogP contribution in [-0.4, -0.2) is 23.5 Å². The largest absolute Gasteiger partial charge is 0.466 e. The Morgan fingerprint density at radius 2 is 1.91 bits per heavy atom. The van der Waals surface area contributed by atoms with Gasteiger partial charge in [0.2, 0.25) is 0 Å². The van der Waals surface area contributed by atoms with Crippen molar-refractivity contribution in [3.8, 4) is 0 Å². The third-order valence-electron chi connectivity index (χ3n) is 2.95. The van der Waals surface area contributed by atoms with Crippen LogP contribution in [0.25, 0.3) is 0 Å². The van der Waals surface area contributed by atoms with Gasteiger partial charge in [0, 0.05) is 5.69 Å².